The molecule has 16 heavy (non-hydrogen) atoms. The number of nitrogens with one attached hydrogen (secondary N) is 1. The van der Waals surface area contributed by atoms with Crippen molar-refractivity contribution >= 4 is 11.8 Å². The fourth-order valence-electron chi connectivity index (χ4n) is 1.26. The molecule has 0 aromatic carbocycles. The third-order valence-corrected chi connectivity index (χ3v) is 2.41. The summed E-state index contributed by atoms with van der Waals surface area (Å²) in [6.45, 7) is 4.29. The number of carbonyl (C=O) groups excluding carboxylic acids is 2. The summed E-state index contributed by atoms with van der Waals surface area (Å²) in [5.41, 5.74) is 0. The summed E-state index contributed by atoms with van der Waals surface area (Å²) in [6.07, 6.45) is 1.62. The fourth-order valence-corrected chi connectivity index (χ4v) is 1.26. The van der Waals surface area contributed by atoms with Crippen molar-refractivity contribution in [1.82, 2.24) is 10.2 Å². The number of likely N-dealkylation sites (N-methyl/N-ethyl adjacent to an activating group) is 1. The van der Waals surface area contributed by atoms with Gasteiger partial charge in [0.2, 0.25) is 11.8 Å². The molecule has 0 aliphatic carbocycles. The molecule has 0 aromatic rings. The Balaban J connectivity index is 3.89. The SMILES string of the molecule is CCN(C)C(=O)C(C)NC(=O)CCCCO. The normalized spacial score (nSPS) is 12.0. The van der Waals surface area contributed by atoms with Crippen LogP contribution in [0.3, 0.4) is 0 Å². The average Bonchev–Trinajstić information content (AvgIpc) is 2.27. The standard InChI is InChI=1S/C11H22N2O3/c1-4-13(3)11(16)9(2)12-10(15)7-5-6-8-14/h9,14H,4-8H2,1-3H3,(H,12,15). The molecule has 2 amide bonds. The summed E-state index contributed by atoms with van der Waals surface area (Å²) < 4.78 is 0. The van der Waals surface area contributed by atoms with E-state index in [0.717, 1.165) is 0 Å². The van der Waals surface area contributed by atoms with E-state index in [-0.39, 0.29) is 18.4 Å². The van der Waals surface area contributed by atoms with E-state index >= 15 is 0 Å². The highest BCUT2D eigenvalue weighted by atomic mass is 16.3. The predicted octanol–water partition coefficient (Wildman–Crippen LogP) is 0.132. The van der Waals surface area contributed by atoms with Crippen LogP contribution < -0.4 is 5.32 Å². The summed E-state index contributed by atoms with van der Waals surface area (Å²) >= 11 is 0. The summed E-state index contributed by atoms with van der Waals surface area (Å²) in [5.74, 6) is -0.225. The molecule has 5 heteroatoms. The number of carbonyl (C=O) groups is 2. The molecule has 1 unspecified atom stereocenters. The van der Waals surface area contributed by atoms with Crippen molar-refractivity contribution < 1.29 is 14.7 Å². The van der Waals surface area contributed by atoms with Crippen molar-refractivity contribution in [3.8, 4) is 0 Å². The molecule has 0 spiro atoms. The van der Waals surface area contributed by atoms with Crippen LogP contribution in [0.1, 0.15) is 33.1 Å². The van der Waals surface area contributed by atoms with E-state index in [0.29, 0.717) is 25.8 Å². The molecule has 0 saturated heterocycles. The highest BCUT2D eigenvalue weighted by Crippen LogP contribution is 1.97. The minimum Gasteiger partial charge on any atom is -0.396 e. The molecule has 5 nitrogen and oxygen atoms in total. The number of hydrogen-bond acceptors (Lipinski definition) is 3. The second kappa shape index (κ2) is 8.10. The quantitative estimate of drug-likeness (QED) is 0.611. The minimum atomic E-state index is -0.480. The van der Waals surface area contributed by atoms with Crippen LogP contribution in [0.2, 0.25) is 0 Å². The van der Waals surface area contributed by atoms with Crippen molar-refractivity contribution in [1.29, 1.82) is 0 Å². The molecule has 94 valence electrons. The lowest BCUT2D eigenvalue weighted by molar-refractivity contribution is -0.134. The van der Waals surface area contributed by atoms with E-state index in [1.165, 1.54) is 0 Å². The van der Waals surface area contributed by atoms with Gasteiger partial charge in [-0.2, -0.15) is 0 Å². The van der Waals surface area contributed by atoms with E-state index in [4.69, 9.17) is 5.11 Å². The van der Waals surface area contributed by atoms with Gasteiger partial charge in [-0.15, -0.1) is 0 Å². The number of amides is 2. The Morgan fingerprint density at radius 2 is 2.00 bits per heavy atom. The monoisotopic (exact) mass is 230 g/mol. The van der Waals surface area contributed by atoms with Crippen LogP contribution in [0.4, 0.5) is 0 Å². The van der Waals surface area contributed by atoms with E-state index in [1.54, 1.807) is 18.9 Å². The molecule has 0 fully saturated rings. The van der Waals surface area contributed by atoms with Crippen LogP contribution in [-0.4, -0.2) is 48.1 Å². The van der Waals surface area contributed by atoms with E-state index < -0.39 is 6.04 Å². The van der Waals surface area contributed by atoms with Crippen molar-refractivity contribution in [2.75, 3.05) is 20.2 Å². The van der Waals surface area contributed by atoms with Crippen LogP contribution >= 0.6 is 0 Å². The lowest BCUT2D eigenvalue weighted by Gasteiger charge is -2.20. The molecular formula is C11H22N2O3. The maximum Gasteiger partial charge on any atom is 0.244 e. The highest BCUT2D eigenvalue weighted by molar-refractivity contribution is 5.87. The van der Waals surface area contributed by atoms with Gasteiger partial charge in [-0.05, 0) is 26.7 Å². The molecule has 0 aliphatic heterocycles. The summed E-state index contributed by atoms with van der Waals surface area (Å²) in [4.78, 5) is 24.6. The first kappa shape index (κ1) is 14.9. The van der Waals surface area contributed by atoms with Crippen molar-refractivity contribution in [3.63, 3.8) is 0 Å². The van der Waals surface area contributed by atoms with Gasteiger partial charge < -0.3 is 15.3 Å². The third-order valence-electron chi connectivity index (χ3n) is 2.41. The van der Waals surface area contributed by atoms with E-state index in [2.05, 4.69) is 5.32 Å². The van der Waals surface area contributed by atoms with E-state index in [9.17, 15) is 9.59 Å². The Morgan fingerprint density at radius 3 is 2.50 bits per heavy atom. The molecular weight excluding hydrogens is 208 g/mol. The lowest BCUT2D eigenvalue weighted by atomic mass is 10.2. The van der Waals surface area contributed by atoms with Gasteiger partial charge in [-0.1, -0.05) is 0 Å². The lowest BCUT2D eigenvalue weighted by Crippen LogP contribution is -2.45. The molecule has 1 atom stereocenters. The summed E-state index contributed by atoms with van der Waals surface area (Å²) in [5, 5.41) is 11.2. The number of unbranched alkanes of at least 4 members (excludes halogenated alkanes) is 1. The largest absolute Gasteiger partial charge is 0.396 e. The maximum atomic E-state index is 11.6. The number of aliphatic hydroxyl groups is 1. The summed E-state index contributed by atoms with van der Waals surface area (Å²) in [7, 11) is 1.71. The average molecular weight is 230 g/mol. The van der Waals surface area contributed by atoms with Gasteiger partial charge >= 0.3 is 0 Å². The Bertz CT molecular complexity index is 231. The minimum absolute atomic E-state index is 0.0852. The molecule has 0 radical (unpaired) electrons. The molecule has 0 rings (SSSR count). The molecule has 2 N–H and O–H groups in total. The van der Waals surface area contributed by atoms with Crippen molar-refractivity contribution in [3.05, 3.63) is 0 Å². The highest BCUT2D eigenvalue weighted by Gasteiger charge is 2.17. The molecule has 0 heterocycles. The van der Waals surface area contributed by atoms with Crippen LogP contribution in [-0.2, 0) is 9.59 Å². The Hall–Kier alpha value is -1.10. The topological polar surface area (TPSA) is 69.6 Å². The molecule has 0 bridgehead atoms. The van der Waals surface area contributed by atoms with Gasteiger partial charge in [0, 0.05) is 26.6 Å². The molecule has 0 saturated carbocycles. The van der Waals surface area contributed by atoms with Crippen LogP contribution in [0.5, 0.6) is 0 Å². The number of aliphatic hydroxyl groups excluding tert-OH is 1. The zero-order valence-electron chi connectivity index (χ0n) is 10.3. The zero-order valence-corrected chi connectivity index (χ0v) is 10.3. The first-order chi connectivity index (χ1) is 7.52. The first-order valence-corrected chi connectivity index (χ1v) is 5.68. The zero-order chi connectivity index (χ0) is 12.6. The molecule has 0 aromatic heterocycles. The smallest absolute Gasteiger partial charge is 0.244 e. The van der Waals surface area contributed by atoms with Gasteiger partial charge in [-0.25, -0.2) is 0 Å². The Kier molecular flexibility index (Phi) is 7.54. The van der Waals surface area contributed by atoms with Gasteiger partial charge in [0.25, 0.3) is 0 Å². The number of rotatable bonds is 7. The van der Waals surface area contributed by atoms with Crippen molar-refractivity contribution in [2.45, 2.75) is 39.2 Å². The van der Waals surface area contributed by atoms with Gasteiger partial charge in [0.1, 0.15) is 6.04 Å². The second-order valence-corrected chi connectivity index (χ2v) is 3.82. The van der Waals surface area contributed by atoms with E-state index in [1.807, 2.05) is 6.92 Å². The van der Waals surface area contributed by atoms with Gasteiger partial charge in [-0.3, -0.25) is 9.59 Å². The number of nitrogens with zero attached hydrogens (tertiary/aromatic N) is 1. The van der Waals surface area contributed by atoms with Crippen LogP contribution in [0.25, 0.3) is 0 Å². The third kappa shape index (κ3) is 5.70. The van der Waals surface area contributed by atoms with Crippen LogP contribution in [0.15, 0.2) is 0 Å². The first-order valence-electron chi connectivity index (χ1n) is 5.68. The Morgan fingerprint density at radius 1 is 1.38 bits per heavy atom. The maximum absolute atomic E-state index is 11.6. The second-order valence-electron chi connectivity index (χ2n) is 3.82. The van der Waals surface area contributed by atoms with Crippen LogP contribution in [0, 0.1) is 0 Å². The predicted molar refractivity (Wildman–Crippen MR) is 61.9 cm³/mol. The number of hydrogen-bond donors (Lipinski definition) is 2. The Labute approximate surface area is 96.8 Å². The summed E-state index contributed by atoms with van der Waals surface area (Å²) in [6, 6.07) is -0.480. The molecule has 0 aliphatic rings. The van der Waals surface area contributed by atoms with Gasteiger partial charge in [0.05, 0.1) is 0 Å². The fraction of sp³-hybridized carbons (Fsp3) is 0.818. The van der Waals surface area contributed by atoms with Gasteiger partial charge in [0.15, 0.2) is 0 Å². The van der Waals surface area contributed by atoms with Crippen molar-refractivity contribution in [2.24, 2.45) is 0 Å².